The number of hydrogen-bond donors (Lipinski definition) is 1. The van der Waals surface area contributed by atoms with Gasteiger partial charge in [-0.1, -0.05) is 26.0 Å². The molecule has 0 saturated heterocycles. The van der Waals surface area contributed by atoms with Gasteiger partial charge < -0.3 is 10.1 Å². The fourth-order valence-corrected chi connectivity index (χ4v) is 2.19. The molecular formula is C17H22N2O2. The second kappa shape index (κ2) is 7.18. The monoisotopic (exact) mass is 286 g/mol. The van der Waals surface area contributed by atoms with E-state index in [0.717, 1.165) is 23.0 Å². The highest BCUT2D eigenvalue weighted by Crippen LogP contribution is 2.20. The zero-order valence-corrected chi connectivity index (χ0v) is 12.8. The van der Waals surface area contributed by atoms with E-state index in [-0.39, 0.29) is 5.97 Å². The van der Waals surface area contributed by atoms with Crippen molar-refractivity contribution in [3.63, 3.8) is 0 Å². The van der Waals surface area contributed by atoms with Gasteiger partial charge in [0.05, 0.1) is 12.1 Å². The van der Waals surface area contributed by atoms with Crippen LogP contribution in [-0.2, 0) is 9.53 Å². The second-order valence-corrected chi connectivity index (χ2v) is 5.44. The van der Waals surface area contributed by atoms with Crippen molar-refractivity contribution in [1.29, 1.82) is 0 Å². The molecule has 0 radical (unpaired) electrons. The summed E-state index contributed by atoms with van der Waals surface area (Å²) in [5, 5.41) is 4.31. The molecule has 0 fully saturated rings. The summed E-state index contributed by atoms with van der Waals surface area (Å²) in [7, 11) is 0. The van der Waals surface area contributed by atoms with Gasteiger partial charge in [0.1, 0.15) is 6.04 Å². The molecule has 4 nitrogen and oxygen atoms in total. The first kappa shape index (κ1) is 15.4. The highest BCUT2D eigenvalue weighted by Gasteiger charge is 2.21. The maximum Gasteiger partial charge on any atom is 0.327 e. The number of carbonyl (C=O) groups excluding carboxylic acids is 1. The van der Waals surface area contributed by atoms with Gasteiger partial charge in [-0.05, 0) is 43.1 Å². The van der Waals surface area contributed by atoms with Gasteiger partial charge in [0.15, 0.2) is 0 Å². The Morgan fingerprint density at radius 2 is 2.14 bits per heavy atom. The molecule has 0 spiro atoms. The highest BCUT2D eigenvalue weighted by atomic mass is 16.5. The van der Waals surface area contributed by atoms with Crippen LogP contribution in [0.3, 0.4) is 0 Å². The fourth-order valence-electron chi connectivity index (χ4n) is 2.19. The van der Waals surface area contributed by atoms with Crippen molar-refractivity contribution in [3.8, 4) is 0 Å². The SMILES string of the molecule is CCOC(=O)C(NCC(C)C)c1ccc2ncccc2c1. The first-order valence-electron chi connectivity index (χ1n) is 7.36. The van der Waals surface area contributed by atoms with Crippen molar-refractivity contribution in [2.24, 2.45) is 5.92 Å². The topological polar surface area (TPSA) is 51.2 Å². The van der Waals surface area contributed by atoms with Crippen LogP contribution in [0.4, 0.5) is 0 Å². The van der Waals surface area contributed by atoms with Gasteiger partial charge >= 0.3 is 5.97 Å². The molecule has 0 aliphatic carbocycles. The molecule has 4 heteroatoms. The summed E-state index contributed by atoms with van der Waals surface area (Å²) in [6.45, 7) is 7.18. The van der Waals surface area contributed by atoms with E-state index >= 15 is 0 Å². The molecule has 21 heavy (non-hydrogen) atoms. The normalized spacial score (nSPS) is 12.6. The summed E-state index contributed by atoms with van der Waals surface area (Å²) in [5.74, 6) is 0.227. The van der Waals surface area contributed by atoms with Crippen LogP contribution in [0, 0.1) is 5.92 Å². The molecule has 0 saturated carbocycles. The predicted octanol–water partition coefficient (Wildman–Crippen LogP) is 3.08. The Kier molecular flexibility index (Phi) is 5.28. The standard InChI is InChI=1S/C17H22N2O2/c1-4-21-17(20)16(19-11-12(2)3)14-7-8-15-13(10-14)6-5-9-18-15/h5-10,12,16,19H,4,11H2,1-3H3. The third kappa shape index (κ3) is 4.02. The van der Waals surface area contributed by atoms with Gasteiger partial charge in [-0.25, -0.2) is 4.79 Å². The molecule has 1 N–H and O–H groups in total. The van der Waals surface area contributed by atoms with E-state index in [1.165, 1.54) is 0 Å². The van der Waals surface area contributed by atoms with Crippen LogP contribution in [0.2, 0.25) is 0 Å². The third-order valence-electron chi connectivity index (χ3n) is 3.21. The van der Waals surface area contributed by atoms with Gasteiger partial charge in [0, 0.05) is 11.6 Å². The Labute approximate surface area is 125 Å². The summed E-state index contributed by atoms with van der Waals surface area (Å²) in [6, 6.07) is 9.33. The minimum absolute atomic E-state index is 0.235. The van der Waals surface area contributed by atoms with Crippen LogP contribution in [0.15, 0.2) is 36.5 Å². The Bertz CT molecular complexity index is 611. The fraction of sp³-hybridized carbons (Fsp3) is 0.412. The molecule has 1 heterocycles. The van der Waals surface area contributed by atoms with E-state index in [1.807, 2.05) is 37.3 Å². The summed E-state index contributed by atoms with van der Waals surface area (Å²) in [6.07, 6.45) is 1.77. The maximum absolute atomic E-state index is 12.2. The van der Waals surface area contributed by atoms with Crippen molar-refractivity contribution < 1.29 is 9.53 Å². The van der Waals surface area contributed by atoms with Crippen LogP contribution < -0.4 is 5.32 Å². The number of esters is 1. The average Bonchev–Trinajstić information content (AvgIpc) is 2.47. The Hall–Kier alpha value is -1.94. The summed E-state index contributed by atoms with van der Waals surface area (Å²) in [4.78, 5) is 16.5. The van der Waals surface area contributed by atoms with E-state index in [2.05, 4.69) is 24.1 Å². The molecule has 0 bridgehead atoms. The van der Waals surface area contributed by atoms with Crippen LogP contribution in [0.1, 0.15) is 32.4 Å². The second-order valence-electron chi connectivity index (χ2n) is 5.44. The molecule has 1 atom stereocenters. The number of hydrogen-bond acceptors (Lipinski definition) is 4. The Morgan fingerprint density at radius 3 is 2.86 bits per heavy atom. The first-order chi connectivity index (χ1) is 10.1. The van der Waals surface area contributed by atoms with Crippen LogP contribution in [-0.4, -0.2) is 24.1 Å². The number of nitrogens with zero attached hydrogens (tertiary/aromatic N) is 1. The number of fused-ring (bicyclic) bond motifs is 1. The number of pyridine rings is 1. The lowest BCUT2D eigenvalue weighted by Crippen LogP contribution is -2.32. The molecule has 1 unspecified atom stereocenters. The zero-order chi connectivity index (χ0) is 15.2. The molecule has 2 rings (SSSR count). The lowest BCUT2D eigenvalue weighted by atomic mass is 10.0. The van der Waals surface area contributed by atoms with Crippen molar-refractivity contribution in [2.45, 2.75) is 26.8 Å². The lowest BCUT2D eigenvalue weighted by molar-refractivity contribution is -0.145. The molecule has 0 aliphatic rings. The quantitative estimate of drug-likeness (QED) is 0.829. The van der Waals surface area contributed by atoms with E-state index < -0.39 is 6.04 Å². The van der Waals surface area contributed by atoms with E-state index in [0.29, 0.717) is 12.5 Å². The predicted molar refractivity (Wildman–Crippen MR) is 84.0 cm³/mol. The minimum Gasteiger partial charge on any atom is -0.465 e. The lowest BCUT2D eigenvalue weighted by Gasteiger charge is -2.19. The molecule has 0 aliphatic heterocycles. The number of aromatic nitrogens is 1. The maximum atomic E-state index is 12.2. The number of ether oxygens (including phenoxy) is 1. The number of nitrogens with one attached hydrogen (secondary N) is 1. The molecule has 2 aromatic rings. The Morgan fingerprint density at radius 1 is 1.33 bits per heavy atom. The Balaban J connectivity index is 2.30. The van der Waals surface area contributed by atoms with E-state index in [4.69, 9.17) is 4.74 Å². The van der Waals surface area contributed by atoms with Crippen molar-refractivity contribution in [3.05, 3.63) is 42.1 Å². The van der Waals surface area contributed by atoms with Gasteiger partial charge in [-0.15, -0.1) is 0 Å². The number of rotatable bonds is 6. The van der Waals surface area contributed by atoms with Crippen molar-refractivity contribution >= 4 is 16.9 Å². The van der Waals surface area contributed by atoms with Crippen molar-refractivity contribution in [1.82, 2.24) is 10.3 Å². The average molecular weight is 286 g/mol. The van der Waals surface area contributed by atoms with Gasteiger partial charge in [0.2, 0.25) is 0 Å². The summed E-state index contributed by atoms with van der Waals surface area (Å²) in [5.41, 5.74) is 1.84. The molecule has 1 aromatic heterocycles. The zero-order valence-electron chi connectivity index (χ0n) is 12.8. The van der Waals surface area contributed by atoms with E-state index in [9.17, 15) is 4.79 Å². The summed E-state index contributed by atoms with van der Waals surface area (Å²) < 4.78 is 5.19. The van der Waals surface area contributed by atoms with E-state index in [1.54, 1.807) is 6.20 Å². The van der Waals surface area contributed by atoms with Crippen LogP contribution in [0.5, 0.6) is 0 Å². The number of carbonyl (C=O) groups is 1. The molecule has 1 aromatic carbocycles. The summed E-state index contributed by atoms with van der Waals surface area (Å²) >= 11 is 0. The highest BCUT2D eigenvalue weighted by molar-refractivity contribution is 5.83. The molecular weight excluding hydrogens is 264 g/mol. The molecule has 112 valence electrons. The minimum atomic E-state index is -0.433. The first-order valence-corrected chi connectivity index (χ1v) is 7.36. The van der Waals surface area contributed by atoms with Gasteiger partial charge in [-0.3, -0.25) is 4.98 Å². The third-order valence-corrected chi connectivity index (χ3v) is 3.21. The van der Waals surface area contributed by atoms with Gasteiger partial charge in [-0.2, -0.15) is 0 Å². The van der Waals surface area contributed by atoms with Crippen molar-refractivity contribution in [2.75, 3.05) is 13.2 Å². The number of benzene rings is 1. The smallest absolute Gasteiger partial charge is 0.327 e. The van der Waals surface area contributed by atoms with Gasteiger partial charge in [0.25, 0.3) is 0 Å². The largest absolute Gasteiger partial charge is 0.465 e. The molecule has 0 amide bonds. The van der Waals surface area contributed by atoms with Crippen LogP contribution >= 0.6 is 0 Å². The van der Waals surface area contributed by atoms with Crippen LogP contribution in [0.25, 0.3) is 10.9 Å².